The van der Waals surface area contributed by atoms with Crippen molar-refractivity contribution in [1.82, 2.24) is 5.32 Å². The Balaban J connectivity index is 4.92. The summed E-state index contributed by atoms with van der Waals surface area (Å²) >= 11 is 0. The monoisotopic (exact) mass is 293 g/mol. The molecule has 116 valence electrons. The molecule has 0 aliphatic rings. The SMILES string of the molecule is CCCNC(CCC(C)(C)OC)C(C)(C)S(C)(=O)=O. The average molecular weight is 293 g/mol. The first-order chi connectivity index (χ1) is 8.48. The van der Waals surface area contributed by atoms with E-state index in [1.807, 2.05) is 13.8 Å². The van der Waals surface area contributed by atoms with Crippen molar-refractivity contribution in [2.75, 3.05) is 19.9 Å². The number of hydrogen-bond donors (Lipinski definition) is 1. The van der Waals surface area contributed by atoms with Gasteiger partial charge in [0.2, 0.25) is 0 Å². The summed E-state index contributed by atoms with van der Waals surface area (Å²) in [7, 11) is -1.42. The van der Waals surface area contributed by atoms with Crippen molar-refractivity contribution in [2.24, 2.45) is 0 Å². The van der Waals surface area contributed by atoms with E-state index < -0.39 is 14.6 Å². The van der Waals surface area contributed by atoms with Crippen LogP contribution in [0.15, 0.2) is 0 Å². The Bertz CT molecular complexity index is 361. The first-order valence-corrected chi connectivity index (χ1v) is 8.85. The Hall–Kier alpha value is -0.130. The van der Waals surface area contributed by atoms with E-state index in [1.165, 1.54) is 6.26 Å². The van der Waals surface area contributed by atoms with Crippen LogP contribution in [0.4, 0.5) is 0 Å². The summed E-state index contributed by atoms with van der Waals surface area (Å²) in [5.41, 5.74) is -0.222. The van der Waals surface area contributed by atoms with E-state index in [2.05, 4.69) is 12.2 Å². The van der Waals surface area contributed by atoms with Gasteiger partial charge in [-0.05, 0) is 53.5 Å². The van der Waals surface area contributed by atoms with E-state index in [-0.39, 0.29) is 11.6 Å². The summed E-state index contributed by atoms with van der Waals surface area (Å²) in [4.78, 5) is 0. The Morgan fingerprint density at radius 2 is 1.74 bits per heavy atom. The molecule has 19 heavy (non-hydrogen) atoms. The third kappa shape index (κ3) is 5.79. The second-order valence-electron chi connectivity index (χ2n) is 6.38. The molecule has 0 rings (SSSR count). The molecule has 0 bridgehead atoms. The van der Waals surface area contributed by atoms with Gasteiger partial charge in [0.25, 0.3) is 0 Å². The first kappa shape index (κ1) is 18.9. The van der Waals surface area contributed by atoms with Gasteiger partial charge in [0.15, 0.2) is 9.84 Å². The molecular formula is C14H31NO3S. The van der Waals surface area contributed by atoms with Gasteiger partial charge in [0.05, 0.1) is 10.3 Å². The molecule has 0 aromatic heterocycles. The topological polar surface area (TPSA) is 55.4 Å². The average Bonchev–Trinajstić information content (AvgIpc) is 2.27. The quantitative estimate of drug-likeness (QED) is 0.709. The van der Waals surface area contributed by atoms with Gasteiger partial charge in [-0.15, -0.1) is 0 Å². The van der Waals surface area contributed by atoms with Gasteiger partial charge in [-0.3, -0.25) is 0 Å². The number of rotatable bonds is 9. The summed E-state index contributed by atoms with van der Waals surface area (Å²) in [5, 5.41) is 3.38. The molecule has 5 heteroatoms. The lowest BCUT2D eigenvalue weighted by atomic mass is 9.92. The molecule has 0 amide bonds. The molecule has 0 saturated heterocycles. The maximum Gasteiger partial charge on any atom is 0.154 e. The molecule has 0 spiro atoms. The normalized spacial score (nSPS) is 15.5. The molecule has 1 N–H and O–H groups in total. The van der Waals surface area contributed by atoms with Crippen LogP contribution in [0.3, 0.4) is 0 Å². The number of hydrogen-bond acceptors (Lipinski definition) is 4. The van der Waals surface area contributed by atoms with Gasteiger partial charge >= 0.3 is 0 Å². The summed E-state index contributed by atoms with van der Waals surface area (Å²) < 4.78 is 28.6. The van der Waals surface area contributed by atoms with Crippen LogP contribution in [0.1, 0.15) is 53.9 Å². The minimum atomic E-state index is -3.11. The van der Waals surface area contributed by atoms with Gasteiger partial charge in [0.1, 0.15) is 0 Å². The van der Waals surface area contributed by atoms with Crippen LogP contribution in [-0.4, -0.2) is 44.7 Å². The van der Waals surface area contributed by atoms with E-state index >= 15 is 0 Å². The molecule has 0 aromatic carbocycles. The molecule has 0 heterocycles. The van der Waals surface area contributed by atoms with Crippen LogP contribution in [0, 0.1) is 0 Å². The zero-order chi connectivity index (χ0) is 15.3. The van der Waals surface area contributed by atoms with Gasteiger partial charge in [-0.25, -0.2) is 8.42 Å². The lowest BCUT2D eigenvalue weighted by Crippen LogP contribution is -2.52. The molecule has 0 aliphatic carbocycles. The van der Waals surface area contributed by atoms with Crippen molar-refractivity contribution in [2.45, 2.75) is 70.3 Å². The van der Waals surface area contributed by atoms with Crippen molar-refractivity contribution in [3.63, 3.8) is 0 Å². The predicted molar refractivity (Wildman–Crippen MR) is 81.3 cm³/mol. The van der Waals surface area contributed by atoms with E-state index in [4.69, 9.17) is 4.74 Å². The molecule has 0 fully saturated rings. The van der Waals surface area contributed by atoms with Crippen molar-refractivity contribution in [1.29, 1.82) is 0 Å². The fourth-order valence-corrected chi connectivity index (χ4v) is 2.58. The molecular weight excluding hydrogens is 262 g/mol. The molecule has 0 aromatic rings. The Morgan fingerprint density at radius 1 is 1.21 bits per heavy atom. The lowest BCUT2D eigenvalue weighted by Gasteiger charge is -2.35. The van der Waals surface area contributed by atoms with Gasteiger partial charge in [-0.1, -0.05) is 6.92 Å². The number of nitrogens with one attached hydrogen (secondary N) is 1. The number of ether oxygens (including phenoxy) is 1. The molecule has 1 unspecified atom stereocenters. The van der Waals surface area contributed by atoms with E-state index in [1.54, 1.807) is 21.0 Å². The maximum absolute atomic E-state index is 12.0. The minimum absolute atomic E-state index is 0.0584. The van der Waals surface area contributed by atoms with Crippen LogP contribution in [0.2, 0.25) is 0 Å². The largest absolute Gasteiger partial charge is 0.379 e. The number of methoxy groups -OCH3 is 1. The highest BCUT2D eigenvalue weighted by molar-refractivity contribution is 7.92. The Kier molecular flexibility index (Phi) is 7.00. The Labute approximate surface area is 119 Å². The summed E-state index contributed by atoms with van der Waals surface area (Å²) in [6.07, 6.45) is 3.91. The Morgan fingerprint density at radius 3 is 2.11 bits per heavy atom. The van der Waals surface area contributed by atoms with Crippen LogP contribution >= 0.6 is 0 Å². The zero-order valence-electron chi connectivity index (χ0n) is 13.5. The first-order valence-electron chi connectivity index (χ1n) is 6.96. The maximum atomic E-state index is 12.0. The molecule has 0 aliphatic heterocycles. The van der Waals surface area contributed by atoms with Crippen molar-refractivity contribution < 1.29 is 13.2 Å². The van der Waals surface area contributed by atoms with Gasteiger partial charge in [0, 0.05) is 19.4 Å². The van der Waals surface area contributed by atoms with Crippen LogP contribution in [0.25, 0.3) is 0 Å². The van der Waals surface area contributed by atoms with E-state index in [0.717, 1.165) is 25.8 Å². The van der Waals surface area contributed by atoms with Crippen molar-refractivity contribution in [3.8, 4) is 0 Å². The van der Waals surface area contributed by atoms with E-state index in [0.29, 0.717) is 0 Å². The molecule has 4 nitrogen and oxygen atoms in total. The highest BCUT2D eigenvalue weighted by atomic mass is 32.2. The third-order valence-electron chi connectivity index (χ3n) is 4.02. The highest BCUT2D eigenvalue weighted by Gasteiger charge is 2.39. The number of sulfone groups is 1. The van der Waals surface area contributed by atoms with E-state index in [9.17, 15) is 8.42 Å². The second-order valence-corrected chi connectivity index (χ2v) is 8.98. The van der Waals surface area contributed by atoms with Crippen LogP contribution in [0.5, 0.6) is 0 Å². The standard InChI is InChI=1S/C14H31NO3S/c1-8-11-15-12(9-10-13(2,3)18-6)14(4,5)19(7,16)17/h12,15H,8-11H2,1-7H3. The predicted octanol–water partition coefficient (Wildman–Crippen LogP) is 2.38. The van der Waals surface area contributed by atoms with Gasteiger partial charge in [-0.2, -0.15) is 0 Å². The van der Waals surface area contributed by atoms with Crippen molar-refractivity contribution in [3.05, 3.63) is 0 Å². The fraction of sp³-hybridized carbons (Fsp3) is 1.00. The lowest BCUT2D eigenvalue weighted by molar-refractivity contribution is 0.0109. The van der Waals surface area contributed by atoms with Crippen molar-refractivity contribution >= 4 is 9.84 Å². The van der Waals surface area contributed by atoms with Crippen LogP contribution < -0.4 is 5.32 Å². The summed E-state index contributed by atoms with van der Waals surface area (Å²) in [6, 6.07) is -0.0584. The summed E-state index contributed by atoms with van der Waals surface area (Å²) in [5.74, 6) is 0. The molecule has 0 saturated carbocycles. The minimum Gasteiger partial charge on any atom is -0.379 e. The summed E-state index contributed by atoms with van der Waals surface area (Å²) in [6.45, 7) is 10.6. The third-order valence-corrected chi connectivity index (χ3v) is 6.22. The highest BCUT2D eigenvalue weighted by Crippen LogP contribution is 2.26. The fourth-order valence-electron chi connectivity index (χ4n) is 1.87. The van der Waals surface area contributed by atoms with Crippen LogP contribution in [-0.2, 0) is 14.6 Å². The molecule has 1 atom stereocenters. The van der Waals surface area contributed by atoms with Gasteiger partial charge < -0.3 is 10.1 Å². The second kappa shape index (κ2) is 7.04. The molecule has 0 radical (unpaired) electrons. The zero-order valence-corrected chi connectivity index (χ0v) is 14.4. The smallest absolute Gasteiger partial charge is 0.154 e.